The van der Waals surface area contributed by atoms with Gasteiger partial charge in [-0.25, -0.2) is 0 Å². The molecule has 2 heterocycles. The molecular weight excluding hydrogens is 354 g/mol. The first-order valence-corrected chi connectivity index (χ1v) is 9.61. The van der Waals surface area contributed by atoms with E-state index >= 15 is 0 Å². The lowest BCUT2D eigenvalue weighted by Gasteiger charge is -2.10. The van der Waals surface area contributed by atoms with Gasteiger partial charge in [0.05, 0.1) is 7.11 Å². The molecule has 4 nitrogen and oxygen atoms in total. The van der Waals surface area contributed by atoms with Gasteiger partial charge in [0.2, 0.25) is 0 Å². The predicted octanol–water partition coefficient (Wildman–Crippen LogP) is 4.22. The number of para-hydroxylation sites is 2. The monoisotopic (exact) mass is 373 g/mol. The number of nitrogens with one attached hydrogen (secondary N) is 1. The summed E-state index contributed by atoms with van der Waals surface area (Å²) in [4.78, 5) is 15.7. The number of hydrogen-bond donors (Lipinski definition) is 1. The molecule has 6 heteroatoms. The SMILES string of the molecule is COc1ccccc1OCC(=O)NCCc1ccc(-c2cccs2)s1. The Bertz CT molecular complexity index is 812. The third kappa shape index (κ3) is 4.84. The lowest BCUT2D eigenvalue weighted by atomic mass is 10.3. The molecule has 0 atom stereocenters. The van der Waals surface area contributed by atoms with Crippen molar-refractivity contribution in [2.24, 2.45) is 0 Å². The summed E-state index contributed by atoms with van der Waals surface area (Å²) in [7, 11) is 1.58. The maximum absolute atomic E-state index is 11.9. The number of thiophene rings is 2. The number of methoxy groups -OCH3 is 1. The minimum atomic E-state index is -0.138. The molecule has 0 unspecified atom stereocenters. The summed E-state index contributed by atoms with van der Waals surface area (Å²) in [5.41, 5.74) is 0. The summed E-state index contributed by atoms with van der Waals surface area (Å²) in [5, 5.41) is 4.97. The zero-order valence-corrected chi connectivity index (χ0v) is 15.5. The Labute approximate surface area is 155 Å². The van der Waals surface area contributed by atoms with Crippen molar-refractivity contribution in [1.29, 1.82) is 0 Å². The molecule has 0 aliphatic heterocycles. The van der Waals surface area contributed by atoms with Gasteiger partial charge in [0, 0.05) is 21.2 Å². The van der Waals surface area contributed by atoms with Gasteiger partial charge < -0.3 is 14.8 Å². The largest absolute Gasteiger partial charge is 0.493 e. The fourth-order valence-corrected chi connectivity index (χ4v) is 4.16. The van der Waals surface area contributed by atoms with Gasteiger partial charge in [0.1, 0.15) is 0 Å². The Morgan fingerprint density at radius 2 is 1.88 bits per heavy atom. The average Bonchev–Trinajstić information content (AvgIpc) is 3.31. The van der Waals surface area contributed by atoms with Crippen molar-refractivity contribution in [2.75, 3.05) is 20.3 Å². The van der Waals surface area contributed by atoms with Crippen LogP contribution < -0.4 is 14.8 Å². The number of carbonyl (C=O) groups is 1. The third-order valence-corrected chi connectivity index (χ3v) is 5.76. The van der Waals surface area contributed by atoms with Crippen molar-refractivity contribution < 1.29 is 14.3 Å². The van der Waals surface area contributed by atoms with Crippen LogP contribution in [-0.2, 0) is 11.2 Å². The molecule has 0 fully saturated rings. The predicted molar refractivity (Wildman–Crippen MR) is 103 cm³/mol. The first kappa shape index (κ1) is 17.5. The first-order chi connectivity index (χ1) is 12.3. The minimum Gasteiger partial charge on any atom is -0.493 e. The Morgan fingerprint density at radius 1 is 1.04 bits per heavy atom. The van der Waals surface area contributed by atoms with Gasteiger partial charge in [0.15, 0.2) is 18.1 Å². The van der Waals surface area contributed by atoms with Gasteiger partial charge >= 0.3 is 0 Å². The number of amides is 1. The lowest BCUT2D eigenvalue weighted by molar-refractivity contribution is -0.123. The van der Waals surface area contributed by atoms with E-state index in [1.165, 1.54) is 14.6 Å². The van der Waals surface area contributed by atoms with Crippen LogP contribution in [0, 0.1) is 0 Å². The van der Waals surface area contributed by atoms with Crippen LogP contribution in [0.2, 0.25) is 0 Å². The van der Waals surface area contributed by atoms with E-state index in [0.717, 1.165) is 6.42 Å². The molecule has 130 valence electrons. The van der Waals surface area contributed by atoms with E-state index in [0.29, 0.717) is 18.0 Å². The molecule has 0 bridgehead atoms. The van der Waals surface area contributed by atoms with E-state index in [1.807, 2.05) is 12.1 Å². The molecule has 1 amide bonds. The first-order valence-electron chi connectivity index (χ1n) is 7.91. The van der Waals surface area contributed by atoms with E-state index in [2.05, 4.69) is 35.0 Å². The molecular formula is C19H19NO3S2. The summed E-state index contributed by atoms with van der Waals surface area (Å²) < 4.78 is 10.7. The quantitative estimate of drug-likeness (QED) is 0.643. The van der Waals surface area contributed by atoms with Crippen LogP contribution >= 0.6 is 22.7 Å². The third-order valence-electron chi connectivity index (χ3n) is 3.55. The summed E-state index contributed by atoms with van der Waals surface area (Å²) in [6, 6.07) is 15.7. The van der Waals surface area contributed by atoms with E-state index < -0.39 is 0 Å². The molecule has 1 aromatic carbocycles. The van der Waals surface area contributed by atoms with Crippen molar-refractivity contribution in [3.8, 4) is 21.3 Å². The van der Waals surface area contributed by atoms with Gasteiger partial charge in [-0.2, -0.15) is 0 Å². The molecule has 0 spiro atoms. The second kappa shape index (κ2) is 8.69. The van der Waals surface area contributed by atoms with Crippen molar-refractivity contribution in [2.45, 2.75) is 6.42 Å². The molecule has 3 rings (SSSR count). The smallest absolute Gasteiger partial charge is 0.257 e. The van der Waals surface area contributed by atoms with Gasteiger partial charge in [-0.3, -0.25) is 4.79 Å². The van der Waals surface area contributed by atoms with E-state index in [1.54, 1.807) is 41.9 Å². The highest BCUT2D eigenvalue weighted by molar-refractivity contribution is 7.21. The number of carbonyl (C=O) groups excluding carboxylic acids is 1. The lowest BCUT2D eigenvalue weighted by Crippen LogP contribution is -2.30. The summed E-state index contributed by atoms with van der Waals surface area (Å²) in [6.07, 6.45) is 0.816. The number of hydrogen-bond acceptors (Lipinski definition) is 5. The fourth-order valence-electron chi connectivity index (χ4n) is 2.32. The minimum absolute atomic E-state index is 0.0226. The average molecular weight is 373 g/mol. The second-order valence-corrected chi connectivity index (χ2v) is 7.40. The highest BCUT2D eigenvalue weighted by atomic mass is 32.1. The topological polar surface area (TPSA) is 47.6 Å². The molecule has 25 heavy (non-hydrogen) atoms. The van der Waals surface area contributed by atoms with Gasteiger partial charge in [-0.15, -0.1) is 22.7 Å². The Hall–Kier alpha value is -2.31. The normalized spacial score (nSPS) is 10.4. The van der Waals surface area contributed by atoms with Crippen LogP contribution in [0.15, 0.2) is 53.9 Å². The number of ether oxygens (including phenoxy) is 2. The number of benzene rings is 1. The molecule has 0 saturated heterocycles. The zero-order chi connectivity index (χ0) is 17.5. The summed E-state index contributed by atoms with van der Waals surface area (Å²) in [6.45, 7) is 0.573. The molecule has 3 aromatic rings. The standard InChI is InChI=1S/C19H19NO3S2/c1-22-15-5-2-3-6-16(15)23-13-19(21)20-11-10-14-8-9-18(25-14)17-7-4-12-24-17/h2-9,12H,10-11,13H2,1H3,(H,20,21). The van der Waals surface area contributed by atoms with Crippen LogP contribution in [-0.4, -0.2) is 26.2 Å². The maximum Gasteiger partial charge on any atom is 0.257 e. The van der Waals surface area contributed by atoms with Gasteiger partial charge in [-0.05, 0) is 42.1 Å². The summed E-state index contributed by atoms with van der Waals surface area (Å²) >= 11 is 3.51. The maximum atomic E-state index is 11.9. The van der Waals surface area contributed by atoms with E-state index in [-0.39, 0.29) is 12.5 Å². The summed E-state index contributed by atoms with van der Waals surface area (Å²) in [5.74, 6) is 1.05. The number of rotatable bonds is 8. The van der Waals surface area contributed by atoms with E-state index in [9.17, 15) is 4.79 Å². The van der Waals surface area contributed by atoms with Crippen molar-refractivity contribution in [3.63, 3.8) is 0 Å². The zero-order valence-electron chi connectivity index (χ0n) is 13.9. The Kier molecular flexibility index (Phi) is 6.09. The van der Waals surface area contributed by atoms with Crippen molar-refractivity contribution in [1.82, 2.24) is 5.32 Å². The molecule has 0 aliphatic carbocycles. The fraction of sp³-hybridized carbons (Fsp3) is 0.211. The highest BCUT2D eigenvalue weighted by Crippen LogP contribution is 2.31. The van der Waals surface area contributed by atoms with Crippen molar-refractivity contribution >= 4 is 28.6 Å². The Morgan fingerprint density at radius 3 is 2.64 bits per heavy atom. The van der Waals surface area contributed by atoms with Crippen LogP contribution in [0.5, 0.6) is 11.5 Å². The van der Waals surface area contributed by atoms with Gasteiger partial charge in [0.25, 0.3) is 5.91 Å². The molecule has 0 saturated carbocycles. The van der Waals surface area contributed by atoms with Crippen LogP contribution in [0.1, 0.15) is 4.88 Å². The molecule has 0 radical (unpaired) electrons. The van der Waals surface area contributed by atoms with E-state index in [4.69, 9.17) is 9.47 Å². The Balaban J connectivity index is 1.42. The van der Waals surface area contributed by atoms with Crippen molar-refractivity contribution in [3.05, 3.63) is 58.8 Å². The van der Waals surface area contributed by atoms with Gasteiger partial charge in [-0.1, -0.05) is 18.2 Å². The molecule has 0 aliphatic rings. The van der Waals surface area contributed by atoms with Crippen LogP contribution in [0.25, 0.3) is 9.75 Å². The molecule has 1 N–H and O–H groups in total. The van der Waals surface area contributed by atoms with Crippen LogP contribution in [0.3, 0.4) is 0 Å². The molecule has 2 aromatic heterocycles. The highest BCUT2D eigenvalue weighted by Gasteiger charge is 2.07. The second-order valence-electron chi connectivity index (χ2n) is 5.28. The van der Waals surface area contributed by atoms with Crippen LogP contribution in [0.4, 0.5) is 0 Å².